The van der Waals surface area contributed by atoms with E-state index in [0.717, 1.165) is 24.3 Å². The third-order valence-electron chi connectivity index (χ3n) is 4.50. The molecule has 13 nitrogen and oxygen atoms in total. The van der Waals surface area contributed by atoms with E-state index >= 15 is 0 Å². The molecule has 0 saturated heterocycles. The number of amides is 1. The van der Waals surface area contributed by atoms with E-state index in [0.29, 0.717) is 5.56 Å². The van der Waals surface area contributed by atoms with E-state index in [1.165, 1.54) is 49.7 Å². The van der Waals surface area contributed by atoms with E-state index in [4.69, 9.17) is 8.92 Å². The normalized spacial score (nSPS) is 11.2. The lowest BCUT2D eigenvalue weighted by atomic mass is 10.2. The van der Waals surface area contributed by atoms with Crippen molar-refractivity contribution in [1.29, 1.82) is 0 Å². The molecule has 0 saturated carbocycles. The molecule has 0 atom stereocenters. The van der Waals surface area contributed by atoms with Crippen LogP contribution in [0.2, 0.25) is 0 Å². The van der Waals surface area contributed by atoms with E-state index in [1.807, 2.05) is 0 Å². The Bertz CT molecular complexity index is 1460. The average molecular weight is 579 g/mol. The minimum absolute atomic E-state index is 0.0120. The summed E-state index contributed by atoms with van der Waals surface area (Å²) in [5.74, 6) is -0.776. The minimum Gasteiger partial charge on any atom is -0.493 e. The molecule has 0 radical (unpaired) electrons. The Hall–Kier alpha value is -4.37. The Kier molecular flexibility index (Phi) is 7.96. The van der Waals surface area contributed by atoms with Crippen molar-refractivity contribution in [3.63, 3.8) is 0 Å². The number of benzene rings is 3. The molecule has 15 heteroatoms. The highest BCUT2D eigenvalue weighted by Gasteiger charge is 2.23. The van der Waals surface area contributed by atoms with Gasteiger partial charge in [0.05, 0.1) is 27.6 Å². The highest BCUT2D eigenvalue weighted by atomic mass is 79.9. The molecule has 1 amide bonds. The summed E-state index contributed by atoms with van der Waals surface area (Å²) in [5.41, 5.74) is 2.37. The van der Waals surface area contributed by atoms with Gasteiger partial charge in [0.1, 0.15) is 4.90 Å². The summed E-state index contributed by atoms with van der Waals surface area (Å²) in [4.78, 5) is 32.1. The standard InChI is InChI=1S/C21H15BrN4O9S/c1-34-19-11-13(12-23-24-21(27)14-2-4-15(5-3-14)25(28)29)10-18(22)20(19)35-36(32,33)17-8-6-16(7-9-17)26(30)31/h2-12H,1H3,(H,24,27)/b23-12-. The molecule has 3 aromatic carbocycles. The van der Waals surface area contributed by atoms with Crippen LogP contribution in [0.15, 0.2) is 75.1 Å². The molecule has 0 aliphatic heterocycles. The molecule has 3 aromatic rings. The van der Waals surface area contributed by atoms with Gasteiger partial charge >= 0.3 is 10.1 Å². The van der Waals surface area contributed by atoms with E-state index in [9.17, 15) is 33.4 Å². The van der Waals surface area contributed by atoms with Crippen LogP contribution in [-0.2, 0) is 10.1 Å². The lowest BCUT2D eigenvalue weighted by molar-refractivity contribution is -0.385. The number of nitro groups is 2. The summed E-state index contributed by atoms with van der Waals surface area (Å²) in [6.45, 7) is 0. The number of hydrogen-bond acceptors (Lipinski definition) is 10. The number of non-ortho nitro benzene ring substituents is 2. The Morgan fingerprint density at radius 3 is 2.08 bits per heavy atom. The van der Waals surface area contributed by atoms with Gasteiger partial charge in [-0.3, -0.25) is 25.0 Å². The molecule has 36 heavy (non-hydrogen) atoms. The summed E-state index contributed by atoms with van der Waals surface area (Å²) < 4.78 is 35.9. The van der Waals surface area contributed by atoms with Crippen LogP contribution in [0.5, 0.6) is 11.5 Å². The molecule has 0 unspecified atom stereocenters. The summed E-state index contributed by atoms with van der Waals surface area (Å²) in [7, 11) is -3.07. The van der Waals surface area contributed by atoms with Gasteiger partial charge in [-0.1, -0.05) is 0 Å². The fourth-order valence-electron chi connectivity index (χ4n) is 2.75. The van der Waals surface area contributed by atoms with Gasteiger partial charge in [0, 0.05) is 29.8 Å². The number of rotatable bonds is 9. The maximum atomic E-state index is 12.6. The fourth-order valence-corrected chi connectivity index (χ4v) is 4.36. The van der Waals surface area contributed by atoms with Gasteiger partial charge in [0.15, 0.2) is 11.5 Å². The van der Waals surface area contributed by atoms with Crippen LogP contribution >= 0.6 is 15.9 Å². The number of hydrogen-bond donors (Lipinski definition) is 1. The van der Waals surface area contributed by atoms with Crippen LogP contribution in [0.3, 0.4) is 0 Å². The Balaban J connectivity index is 1.76. The van der Waals surface area contributed by atoms with Gasteiger partial charge in [-0.05, 0) is 57.9 Å². The van der Waals surface area contributed by atoms with Gasteiger partial charge in [0.2, 0.25) is 0 Å². The largest absolute Gasteiger partial charge is 0.493 e. The van der Waals surface area contributed by atoms with Crippen LogP contribution in [-0.4, -0.2) is 37.5 Å². The molecule has 1 N–H and O–H groups in total. The first-order chi connectivity index (χ1) is 17.0. The van der Waals surface area contributed by atoms with Crippen molar-refractivity contribution < 1.29 is 32.0 Å². The third kappa shape index (κ3) is 6.19. The molecular weight excluding hydrogens is 564 g/mol. The molecule has 0 fully saturated rings. The van der Waals surface area contributed by atoms with E-state index in [-0.39, 0.29) is 37.8 Å². The van der Waals surface area contributed by atoms with Crippen molar-refractivity contribution in [3.8, 4) is 11.5 Å². The first-order valence-electron chi connectivity index (χ1n) is 9.66. The average Bonchev–Trinajstić information content (AvgIpc) is 2.85. The summed E-state index contributed by atoms with van der Waals surface area (Å²) in [6, 6.07) is 11.9. The zero-order valence-electron chi connectivity index (χ0n) is 18.2. The summed E-state index contributed by atoms with van der Waals surface area (Å²) in [5, 5.41) is 25.3. The van der Waals surface area contributed by atoms with E-state index in [2.05, 4.69) is 26.5 Å². The smallest absolute Gasteiger partial charge is 0.339 e. The van der Waals surface area contributed by atoms with E-state index in [1.54, 1.807) is 0 Å². The zero-order chi connectivity index (χ0) is 26.5. The van der Waals surface area contributed by atoms with Crippen LogP contribution in [0.4, 0.5) is 11.4 Å². The number of nitro benzene ring substituents is 2. The second-order valence-corrected chi connectivity index (χ2v) is 9.23. The number of nitrogens with one attached hydrogen (secondary N) is 1. The second kappa shape index (κ2) is 10.9. The Morgan fingerprint density at radius 2 is 1.56 bits per heavy atom. The number of methoxy groups -OCH3 is 1. The molecule has 0 bridgehead atoms. The highest BCUT2D eigenvalue weighted by molar-refractivity contribution is 9.10. The number of nitrogens with zero attached hydrogens (tertiary/aromatic N) is 3. The lowest BCUT2D eigenvalue weighted by Gasteiger charge is -2.13. The monoisotopic (exact) mass is 578 g/mol. The first-order valence-corrected chi connectivity index (χ1v) is 11.9. The van der Waals surface area contributed by atoms with Crippen molar-refractivity contribution in [1.82, 2.24) is 5.43 Å². The maximum Gasteiger partial charge on any atom is 0.339 e. The molecule has 0 spiro atoms. The van der Waals surface area contributed by atoms with Crippen molar-refractivity contribution in [2.75, 3.05) is 7.11 Å². The quantitative estimate of drug-likeness (QED) is 0.171. The first kappa shape index (κ1) is 26.2. The second-order valence-electron chi connectivity index (χ2n) is 6.83. The number of hydrazone groups is 1. The van der Waals surface area contributed by atoms with Gasteiger partial charge < -0.3 is 8.92 Å². The number of carbonyl (C=O) groups is 1. The van der Waals surface area contributed by atoms with Crippen molar-refractivity contribution in [2.45, 2.75) is 4.90 Å². The van der Waals surface area contributed by atoms with Gasteiger partial charge in [-0.15, -0.1) is 0 Å². The topological polar surface area (TPSA) is 180 Å². The molecule has 186 valence electrons. The predicted octanol–water partition coefficient (Wildman–Crippen LogP) is 3.81. The molecular formula is C21H15BrN4O9S. The fraction of sp³-hybridized carbons (Fsp3) is 0.0476. The molecule has 0 heterocycles. The van der Waals surface area contributed by atoms with Gasteiger partial charge in [0.25, 0.3) is 17.3 Å². The minimum atomic E-state index is -4.36. The number of ether oxygens (including phenoxy) is 1. The third-order valence-corrected chi connectivity index (χ3v) is 6.33. The Labute approximate surface area is 211 Å². The van der Waals surface area contributed by atoms with Crippen LogP contribution in [0, 0.1) is 20.2 Å². The van der Waals surface area contributed by atoms with Crippen molar-refractivity contribution >= 4 is 49.5 Å². The molecule has 0 aromatic heterocycles. The maximum absolute atomic E-state index is 12.6. The molecule has 3 rings (SSSR count). The molecule has 0 aliphatic rings. The summed E-state index contributed by atoms with van der Waals surface area (Å²) >= 11 is 3.21. The van der Waals surface area contributed by atoms with Crippen molar-refractivity contribution in [3.05, 3.63) is 96.5 Å². The SMILES string of the molecule is COc1cc(/C=N\NC(=O)c2ccc([N+](=O)[O-])cc2)cc(Br)c1OS(=O)(=O)c1ccc([N+](=O)[O-])cc1. The lowest BCUT2D eigenvalue weighted by Crippen LogP contribution is -2.17. The highest BCUT2D eigenvalue weighted by Crippen LogP contribution is 2.38. The van der Waals surface area contributed by atoms with Gasteiger partial charge in [-0.2, -0.15) is 13.5 Å². The van der Waals surface area contributed by atoms with Crippen LogP contribution in [0.1, 0.15) is 15.9 Å². The number of carbonyl (C=O) groups excluding carboxylic acids is 1. The Morgan fingerprint density at radius 1 is 1.00 bits per heavy atom. The molecule has 0 aliphatic carbocycles. The van der Waals surface area contributed by atoms with E-state index < -0.39 is 25.9 Å². The van der Waals surface area contributed by atoms with Crippen molar-refractivity contribution in [2.24, 2.45) is 5.10 Å². The van der Waals surface area contributed by atoms with Gasteiger partial charge in [-0.25, -0.2) is 5.43 Å². The predicted molar refractivity (Wildman–Crippen MR) is 130 cm³/mol. The zero-order valence-corrected chi connectivity index (χ0v) is 20.6. The van der Waals surface area contributed by atoms with Crippen LogP contribution < -0.4 is 14.3 Å². The summed E-state index contributed by atoms with van der Waals surface area (Å²) in [6.07, 6.45) is 1.26. The number of halogens is 1. The van der Waals surface area contributed by atoms with Crippen LogP contribution in [0.25, 0.3) is 0 Å².